The van der Waals surface area contributed by atoms with E-state index in [1.54, 1.807) is 0 Å². The largest absolute Gasteiger partial charge is 0.376 e. The molecule has 2 heterocycles. The molecule has 27 heavy (non-hydrogen) atoms. The van der Waals surface area contributed by atoms with E-state index in [1.807, 2.05) is 0 Å². The van der Waals surface area contributed by atoms with Crippen LogP contribution in [0.4, 0.5) is 5.69 Å². The number of nitrogens with zero attached hydrogens (tertiary/aromatic N) is 1. The predicted molar refractivity (Wildman–Crippen MR) is 106 cm³/mol. The molecule has 0 saturated carbocycles. The van der Waals surface area contributed by atoms with Crippen molar-refractivity contribution < 1.29 is 14.3 Å². The Morgan fingerprint density at radius 3 is 2.85 bits per heavy atom. The Morgan fingerprint density at radius 1 is 1.22 bits per heavy atom. The van der Waals surface area contributed by atoms with Crippen LogP contribution in [0.1, 0.15) is 43.7 Å². The molecule has 2 aliphatic rings. The average molecular weight is 373 g/mol. The second-order valence-corrected chi connectivity index (χ2v) is 7.40. The van der Waals surface area contributed by atoms with Crippen molar-refractivity contribution in [2.24, 2.45) is 0 Å². The Hall–Kier alpha value is -2.08. The van der Waals surface area contributed by atoms with Crippen molar-refractivity contribution >= 4 is 17.5 Å². The van der Waals surface area contributed by atoms with Gasteiger partial charge in [-0.3, -0.25) is 9.59 Å². The van der Waals surface area contributed by atoms with E-state index in [1.165, 1.54) is 23.2 Å². The van der Waals surface area contributed by atoms with Gasteiger partial charge < -0.3 is 20.3 Å². The van der Waals surface area contributed by atoms with Crippen molar-refractivity contribution in [2.75, 3.05) is 37.7 Å². The highest BCUT2D eigenvalue weighted by Crippen LogP contribution is 2.28. The van der Waals surface area contributed by atoms with Gasteiger partial charge in [0.05, 0.1) is 6.10 Å². The summed E-state index contributed by atoms with van der Waals surface area (Å²) in [6, 6.07) is 6.59. The van der Waals surface area contributed by atoms with E-state index in [4.69, 9.17) is 4.74 Å². The van der Waals surface area contributed by atoms with Gasteiger partial charge in [0.1, 0.15) is 0 Å². The van der Waals surface area contributed by atoms with Gasteiger partial charge in [0, 0.05) is 38.5 Å². The Bertz CT molecular complexity index is 656. The molecule has 1 atom stereocenters. The first kappa shape index (κ1) is 19.7. The van der Waals surface area contributed by atoms with Gasteiger partial charge in [-0.15, -0.1) is 0 Å². The van der Waals surface area contributed by atoms with Gasteiger partial charge in [-0.2, -0.15) is 0 Å². The molecule has 2 N–H and O–H groups in total. The van der Waals surface area contributed by atoms with Crippen molar-refractivity contribution in [3.8, 4) is 0 Å². The standard InChI is InChI=1S/C21H31N3O3/c1-2-11-24-12-3-5-17-14-16(7-8-19(17)24)9-10-22-20(25)21(26)23-15-18-6-4-13-27-18/h7-8,14,18H,2-6,9-13,15H2,1H3,(H,22,25)(H,23,26). The van der Waals surface area contributed by atoms with E-state index in [2.05, 4.69) is 40.7 Å². The van der Waals surface area contributed by atoms with Gasteiger partial charge in [0.15, 0.2) is 0 Å². The highest BCUT2D eigenvalue weighted by molar-refractivity contribution is 6.35. The molecule has 0 bridgehead atoms. The van der Waals surface area contributed by atoms with Crippen molar-refractivity contribution in [1.82, 2.24) is 10.6 Å². The molecule has 0 aliphatic carbocycles. The molecule has 0 aromatic heterocycles. The normalized spacial score (nSPS) is 18.9. The molecule has 148 valence electrons. The van der Waals surface area contributed by atoms with Gasteiger partial charge in [-0.05, 0) is 55.7 Å². The minimum atomic E-state index is -0.578. The smallest absolute Gasteiger partial charge is 0.309 e. The zero-order chi connectivity index (χ0) is 19.1. The summed E-state index contributed by atoms with van der Waals surface area (Å²) in [5.41, 5.74) is 3.95. The molecular formula is C21H31N3O3. The molecule has 3 rings (SSSR count). The molecule has 1 aromatic rings. The molecule has 1 unspecified atom stereocenters. The fourth-order valence-electron chi connectivity index (χ4n) is 3.88. The maximum Gasteiger partial charge on any atom is 0.309 e. The van der Waals surface area contributed by atoms with Crippen molar-refractivity contribution in [3.05, 3.63) is 29.3 Å². The number of hydrogen-bond acceptors (Lipinski definition) is 4. The maximum atomic E-state index is 11.9. The van der Waals surface area contributed by atoms with Crippen LogP contribution in [0.3, 0.4) is 0 Å². The molecular weight excluding hydrogens is 342 g/mol. The molecule has 6 heteroatoms. The average Bonchev–Trinajstić information content (AvgIpc) is 3.20. The summed E-state index contributed by atoms with van der Waals surface area (Å²) >= 11 is 0. The Morgan fingerprint density at radius 2 is 2.07 bits per heavy atom. The lowest BCUT2D eigenvalue weighted by molar-refractivity contribution is -0.139. The number of carbonyl (C=O) groups excluding carboxylic acids is 2. The molecule has 2 amide bonds. The highest BCUT2D eigenvalue weighted by Gasteiger charge is 2.19. The topological polar surface area (TPSA) is 70.7 Å². The Balaban J connectivity index is 1.43. The summed E-state index contributed by atoms with van der Waals surface area (Å²) < 4.78 is 5.44. The maximum absolute atomic E-state index is 11.9. The fourth-order valence-corrected chi connectivity index (χ4v) is 3.88. The number of rotatable bonds is 7. The third-order valence-electron chi connectivity index (χ3n) is 5.27. The number of amides is 2. The summed E-state index contributed by atoms with van der Waals surface area (Å²) in [4.78, 5) is 26.2. The van der Waals surface area contributed by atoms with E-state index in [0.29, 0.717) is 13.1 Å². The lowest BCUT2D eigenvalue weighted by atomic mass is 9.98. The zero-order valence-corrected chi connectivity index (χ0v) is 16.3. The molecule has 1 saturated heterocycles. The molecule has 0 spiro atoms. The van der Waals surface area contributed by atoms with E-state index in [-0.39, 0.29) is 6.10 Å². The number of fused-ring (bicyclic) bond motifs is 1. The van der Waals surface area contributed by atoms with Crippen LogP contribution in [-0.4, -0.2) is 50.7 Å². The van der Waals surface area contributed by atoms with Gasteiger partial charge in [-0.25, -0.2) is 0 Å². The van der Waals surface area contributed by atoms with E-state index in [9.17, 15) is 9.59 Å². The number of benzene rings is 1. The van der Waals surface area contributed by atoms with Crippen LogP contribution in [0.15, 0.2) is 18.2 Å². The molecule has 6 nitrogen and oxygen atoms in total. The second kappa shape index (κ2) is 9.74. The van der Waals surface area contributed by atoms with Crippen molar-refractivity contribution in [1.29, 1.82) is 0 Å². The summed E-state index contributed by atoms with van der Waals surface area (Å²) in [6.07, 6.45) is 6.19. The molecule has 1 fully saturated rings. The van der Waals surface area contributed by atoms with Crippen LogP contribution in [-0.2, 0) is 27.2 Å². The van der Waals surface area contributed by atoms with E-state index < -0.39 is 11.8 Å². The van der Waals surface area contributed by atoms with E-state index >= 15 is 0 Å². The predicted octanol–water partition coefficient (Wildman–Crippen LogP) is 1.80. The molecule has 0 radical (unpaired) electrons. The second-order valence-electron chi connectivity index (χ2n) is 7.40. The van der Waals surface area contributed by atoms with Crippen LogP contribution in [0.5, 0.6) is 0 Å². The zero-order valence-electron chi connectivity index (χ0n) is 16.3. The fraction of sp³-hybridized carbons (Fsp3) is 0.619. The van der Waals surface area contributed by atoms with Gasteiger partial charge in [-0.1, -0.05) is 19.1 Å². The van der Waals surface area contributed by atoms with Gasteiger partial charge >= 0.3 is 11.8 Å². The number of nitrogens with one attached hydrogen (secondary N) is 2. The molecule has 1 aromatic carbocycles. The van der Waals surface area contributed by atoms with Crippen LogP contribution < -0.4 is 15.5 Å². The van der Waals surface area contributed by atoms with Gasteiger partial charge in [0.25, 0.3) is 0 Å². The number of carbonyl (C=O) groups is 2. The van der Waals surface area contributed by atoms with Crippen LogP contribution in [0.25, 0.3) is 0 Å². The monoisotopic (exact) mass is 373 g/mol. The van der Waals surface area contributed by atoms with Gasteiger partial charge in [0.2, 0.25) is 0 Å². The summed E-state index contributed by atoms with van der Waals surface area (Å²) in [5, 5.41) is 5.36. The van der Waals surface area contributed by atoms with Crippen LogP contribution >= 0.6 is 0 Å². The number of hydrogen-bond donors (Lipinski definition) is 2. The van der Waals surface area contributed by atoms with Crippen molar-refractivity contribution in [2.45, 2.75) is 51.6 Å². The summed E-state index contributed by atoms with van der Waals surface area (Å²) in [5.74, 6) is -1.15. The first-order valence-corrected chi connectivity index (χ1v) is 10.2. The van der Waals surface area contributed by atoms with Crippen LogP contribution in [0, 0.1) is 0 Å². The lowest BCUT2D eigenvalue weighted by Gasteiger charge is -2.31. The highest BCUT2D eigenvalue weighted by atomic mass is 16.5. The van der Waals surface area contributed by atoms with Crippen LogP contribution in [0.2, 0.25) is 0 Å². The summed E-state index contributed by atoms with van der Waals surface area (Å²) in [7, 11) is 0. The quantitative estimate of drug-likeness (QED) is 0.715. The molecule has 2 aliphatic heterocycles. The lowest BCUT2D eigenvalue weighted by Crippen LogP contribution is -2.43. The number of ether oxygens (including phenoxy) is 1. The SMILES string of the molecule is CCCN1CCCc2cc(CCNC(=O)C(=O)NCC3CCCO3)ccc21. The first-order chi connectivity index (χ1) is 13.2. The number of anilines is 1. The minimum Gasteiger partial charge on any atom is -0.376 e. The minimum absolute atomic E-state index is 0.0459. The van der Waals surface area contributed by atoms with E-state index in [0.717, 1.165) is 51.8 Å². The van der Waals surface area contributed by atoms with Crippen molar-refractivity contribution in [3.63, 3.8) is 0 Å². The Labute approximate surface area is 161 Å². The number of aryl methyl sites for hydroxylation is 1. The third-order valence-corrected chi connectivity index (χ3v) is 5.27. The Kier molecular flexibility index (Phi) is 7.10. The summed E-state index contributed by atoms with van der Waals surface area (Å²) in [6.45, 7) is 6.06. The third kappa shape index (κ3) is 5.45. The first-order valence-electron chi connectivity index (χ1n) is 10.2.